The Morgan fingerprint density at radius 1 is 1.30 bits per heavy atom. The second-order valence-corrected chi connectivity index (χ2v) is 5.36. The Hall–Kier alpha value is -2.11. The lowest BCUT2D eigenvalue weighted by atomic mass is 9.96. The fraction of sp³-hybridized carbons (Fsp3) is 0.500. The molecule has 2 N–H and O–H groups in total. The van der Waals surface area contributed by atoms with E-state index in [4.69, 9.17) is 5.73 Å². The molecule has 2 aromatic heterocycles. The third-order valence-corrected chi connectivity index (χ3v) is 3.81. The van der Waals surface area contributed by atoms with Crippen molar-refractivity contribution in [1.29, 1.82) is 0 Å². The highest BCUT2D eigenvalue weighted by Crippen LogP contribution is 2.27. The minimum absolute atomic E-state index is 0.197. The van der Waals surface area contributed by atoms with Gasteiger partial charge in [0.1, 0.15) is 0 Å². The molecule has 0 aromatic carbocycles. The maximum atomic E-state index is 11.7. The largest absolute Gasteiger partial charge is 0.397 e. The van der Waals surface area contributed by atoms with E-state index in [2.05, 4.69) is 10.2 Å². The number of anilines is 1. The van der Waals surface area contributed by atoms with Crippen molar-refractivity contribution in [3.63, 3.8) is 0 Å². The molecule has 20 heavy (non-hydrogen) atoms. The van der Waals surface area contributed by atoms with Crippen LogP contribution in [0.15, 0.2) is 29.3 Å². The average molecular weight is 273 g/mol. The van der Waals surface area contributed by atoms with Gasteiger partial charge >= 0.3 is 0 Å². The second kappa shape index (κ2) is 5.48. The summed E-state index contributed by atoms with van der Waals surface area (Å²) >= 11 is 0. The Morgan fingerprint density at radius 2 is 2.10 bits per heavy atom. The van der Waals surface area contributed by atoms with Crippen LogP contribution in [0, 0.1) is 0 Å². The molecule has 1 aliphatic rings. The monoisotopic (exact) mass is 273 g/mol. The van der Waals surface area contributed by atoms with Crippen LogP contribution in [-0.2, 0) is 6.54 Å². The lowest BCUT2D eigenvalue weighted by Crippen LogP contribution is -2.23. The number of nitrogens with two attached hydrogens (primary N) is 1. The van der Waals surface area contributed by atoms with Crippen LogP contribution in [0.5, 0.6) is 0 Å². The first kappa shape index (κ1) is 12.9. The van der Waals surface area contributed by atoms with E-state index >= 15 is 0 Å². The van der Waals surface area contributed by atoms with Crippen LogP contribution in [0.2, 0.25) is 0 Å². The summed E-state index contributed by atoms with van der Waals surface area (Å²) in [5, 5.41) is 8.60. The molecule has 1 aliphatic carbocycles. The van der Waals surface area contributed by atoms with Gasteiger partial charge in [-0.3, -0.25) is 9.48 Å². The van der Waals surface area contributed by atoms with E-state index in [1.54, 1.807) is 0 Å². The van der Waals surface area contributed by atoms with E-state index in [1.807, 2.05) is 16.9 Å². The quantitative estimate of drug-likeness (QED) is 0.920. The summed E-state index contributed by atoms with van der Waals surface area (Å²) in [6.45, 7) is 0.388. The highest BCUT2D eigenvalue weighted by molar-refractivity contribution is 5.31. The Morgan fingerprint density at radius 3 is 2.85 bits per heavy atom. The van der Waals surface area contributed by atoms with E-state index in [0.717, 1.165) is 5.69 Å². The Bertz CT molecular complexity index is 639. The van der Waals surface area contributed by atoms with Gasteiger partial charge < -0.3 is 5.73 Å². The molecule has 0 bridgehead atoms. The van der Waals surface area contributed by atoms with Crippen LogP contribution in [0.3, 0.4) is 0 Å². The van der Waals surface area contributed by atoms with E-state index in [-0.39, 0.29) is 5.56 Å². The SMILES string of the molecule is Nc1cnn(Cc2ccn(C3CCCCC3)n2)c(=O)c1. The molecule has 2 heterocycles. The molecule has 1 saturated carbocycles. The summed E-state index contributed by atoms with van der Waals surface area (Å²) in [7, 11) is 0. The van der Waals surface area contributed by atoms with Crippen LogP contribution in [-0.4, -0.2) is 19.6 Å². The molecule has 3 rings (SSSR count). The zero-order valence-corrected chi connectivity index (χ0v) is 11.4. The highest BCUT2D eigenvalue weighted by Gasteiger charge is 2.16. The first-order valence-corrected chi connectivity index (χ1v) is 7.09. The van der Waals surface area contributed by atoms with Gasteiger partial charge in [0.2, 0.25) is 0 Å². The second-order valence-electron chi connectivity index (χ2n) is 5.36. The van der Waals surface area contributed by atoms with Crippen LogP contribution >= 0.6 is 0 Å². The minimum atomic E-state index is -0.197. The lowest BCUT2D eigenvalue weighted by Gasteiger charge is -2.21. The van der Waals surface area contributed by atoms with Crippen molar-refractivity contribution in [3.05, 3.63) is 40.6 Å². The average Bonchev–Trinajstić information content (AvgIpc) is 2.92. The standard InChI is InChI=1S/C14H19N5O/c15-11-8-14(20)19(16-9-11)10-12-6-7-18(17-12)13-4-2-1-3-5-13/h6-9,13H,1-5,10,15H2. The molecular weight excluding hydrogens is 254 g/mol. The van der Waals surface area contributed by atoms with Crippen molar-refractivity contribution >= 4 is 5.69 Å². The third kappa shape index (κ3) is 2.74. The molecule has 0 atom stereocenters. The molecule has 6 heteroatoms. The van der Waals surface area contributed by atoms with Crippen molar-refractivity contribution in [2.45, 2.75) is 44.7 Å². The van der Waals surface area contributed by atoms with Crippen molar-refractivity contribution in [2.24, 2.45) is 0 Å². The third-order valence-electron chi connectivity index (χ3n) is 3.81. The van der Waals surface area contributed by atoms with Crippen LogP contribution < -0.4 is 11.3 Å². The summed E-state index contributed by atoms with van der Waals surface area (Å²) in [6.07, 6.45) is 9.77. The zero-order chi connectivity index (χ0) is 13.9. The lowest BCUT2D eigenvalue weighted by molar-refractivity contribution is 0.327. The van der Waals surface area contributed by atoms with Gasteiger partial charge in [-0.1, -0.05) is 19.3 Å². The highest BCUT2D eigenvalue weighted by atomic mass is 16.1. The van der Waals surface area contributed by atoms with Crippen molar-refractivity contribution in [3.8, 4) is 0 Å². The first-order chi connectivity index (χ1) is 9.72. The molecule has 0 saturated heterocycles. The Kier molecular flexibility index (Phi) is 3.54. The minimum Gasteiger partial charge on any atom is -0.397 e. The Balaban J connectivity index is 1.75. The molecule has 0 radical (unpaired) electrons. The molecule has 6 nitrogen and oxygen atoms in total. The summed E-state index contributed by atoms with van der Waals surface area (Å²) < 4.78 is 3.42. The van der Waals surface area contributed by atoms with Gasteiger partial charge in [-0.25, -0.2) is 4.68 Å². The predicted octanol–water partition coefficient (Wildman–Crippen LogP) is 1.58. The summed E-state index contributed by atoms with van der Waals surface area (Å²) in [6, 6.07) is 3.85. The van der Waals surface area contributed by atoms with Gasteiger partial charge in [-0.2, -0.15) is 10.2 Å². The van der Waals surface area contributed by atoms with Gasteiger partial charge in [0.25, 0.3) is 5.56 Å². The van der Waals surface area contributed by atoms with Gasteiger partial charge in [0.05, 0.1) is 30.2 Å². The number of aromatic nitrogens is 4. The topological polar surface area (TPSA) is 78.7 Å². The van der Waals surface area contributed by atoms with E-state index in [1.165, 1.54) is 49.0 Å². The number of nitrogen functional groups attached to an aromatic ring is 1. The summed E-state index contributed by atoms with van der Waals surface area (Å²) in [5.41, 5.74) is 6.57. The van der Waals surface area contributed by atoms with Crippen molar-refractivity contribution in [1.82, 2.24) is 19.6 Å². The van der Waals surface area contributed by atoms with Gasteiger partial charge in [-0.05, 0) is 18.9 Å². The van der Waals surface area contributed by atoms with E-state index < -0.39 is 0 Å². The van der Waals surface area contributed by atoms with E-state index in [9.17, 15) is 4.79 Å². The van der Waals surface area contributed by atoms with Crippen LogP contribution in [0.4, 0.5) is 5.69 Å². The molecule has 2 aromatic rings. The number of hydrogen-bond donors (Lipinski definition) is 1. The molecule has 0 unspecified atom stereocenters. The van der Waals surface area contributed by atoms with Crippen molar-refractivity contribution in [2.75, 3.05) is 5.73 Å². The van der Waals surface area contributed by atoms with Crippen LogP contribution in [0.1, 0.15) is 43.8 Å². The van der Waals surface area contributed by atoms with Gasteiger partial charge in [-0.15, -0.1) is 0 Å². The normalized spacial score (nSPS) is 16.4. The maximum Gasteiger partial charge on any atom is 0.269 e. The fourth-order valence-electron chi connectivity index (χ4n) is 2.73. The fourth-order valence-corrected chi connectivity index (χ4v) is 2.73. The Labute approximate surface area is 117 Å². The molecule has 0 amide bonds. The zero-order valence-electron chi connectivity index (χ0n) is 11.4. The number of nitrogens with zero attached hydrogens (tertiary/aromatic N) is 4. The molecule has 106 valence electrons. The molecule has 0 spiro atoms. The smallest absolute Gasteiger partial charge is 0.269 e. The van der Waals surface area contributed by atoms with Gasteiger partial charge in [0.15, 0.2) is 0 Å². The van der Waals surface area contributed by atoms with Gasteiger partial charge in [0, 0.05) is 12.3 Å². The maximum absolute atomic E-state index is 11.7. The summed E-state index contributed by atoms with van der Waals surface area (Å²) in [5.74, 6) is 0. The van der Waals surface area contributed by atoms with Crippen molar-refractivity contribution < 1.29 is 0 Å². The van der Waals surface area contributed by atoms with E-state index in [0.29, 0.717) is 18.3 Å². The first-order valence-electron chi connectivity index (χ1n) is 7.09. The number of rotatable bonds is 3. The molecular formula is C14H19N5O. The molecule has 0 aliphatic heterocycles. The molecule has 1 fully saturated rings. The van der Waals surface area contributed by atoms with Crippen LogP contribution in [0.25, 0.3) is 0 Å². The number of hydrogen-bond acceptors (Lipinski definition) is 4. The predicted molar refractivity (Wildman–Crippen MR) is 76.4 cm³/mol. The summed E-state index contributed by atoms with van der Waals surface area (Å²) in [4.78, 5) is 11.7.